The lowest BCUT2D eigenvalue weighted by Crippen LogP contribution is -2.12. The SMILES string of the molecule is COCC(C)n1ccnc1Nc1ccc(OC)c(Br)c1. The maximum atomic E-state index is 5.22. The number of benzene rings is 1. The third-order valence-corrected chi connectivity index (χ3v) is 3.58. The van der Waals surface area contributed by atoms with Gasteiger partial charge in [0.05, 0.1) is 24.2 Å². The van der Waals surface area contributed by atoms with Crippen molar-refractivity contribution in [3.8, 4) is 5.75 Å². The normalized spacial score (nSPS) is 12.2. The molecule has 0 aliphatic heterocycles. The van der Waals surface area contributed by atoms with E-state index in [0.29, 0.717) is 6.61 Å². The van der Waals surface area contributed by atoms with Crippen molar-refractivity contribution < 1.29 is 9.47 Å². The van der Waals surface area contributed by atoms with E-state index in [-0.39, 0.29) is 6.04 Å². The van der Waals surface area contributed by atoms with Crippen molar-refractivity contribution in [2.45, 2.75) is 13.0 Å². The Kier molecular flexibility index (Phi) is 5.03. The van der Waals surface area contributed by atoms with E-state index < -0.39 is 0 Å². The van der Waals surface area contributed by atoms with Gasteiger partial charge in [0.2, 0.25) is 5.95 Å². The summed E-state index contributed by atoms with van der Waals surface area (Å²) in [5.41, 5.74) is 0.940. The molecule has 0 aliphatic rings. The van der Waals surface area contributed by atoms with Crippen LogP contribution >= 0.6 is 15.9 Å². The summed E-state index contributed by atoms with van der Waals surface area (Å²) in [6.07, 6.45) is 3.71. The second-order valence-electron chi connectivity index (χ2n) is 4.44. The molecule has 0 saturated heterocycles. The van der Waals surface area contributed by atoms with Gasteiger partial charge in [-0.1, -0.05) is 0 Å². The fraction of sp³-hybridized carbons (Fsp3) is 0.357. The minimum absolute atomic E-state index is 0.215. The molecule has 5 nitrogen and oxygen atoms in total. The molecule has 0 fully saturated rings. The lowest BCUT2D eigenvalue weighted by molar-refractivity contribution is 0.163. The molecule has 2 rings (SSSR count). The molecular weight excluding hydrogens is 322 g/mol. The van der Waals surface area contributed by atoms with E-state index in [0.717, 1.165) is 21.9 Å². The summed E-state index contributed by atoms with van der Waals surface area (Å²) >= 11 is 3.47. The standard InChI is InChI=1S/C14H18BrN3O2/c1-10(9-19-2)18-7-6-16-14(18)17-11-4-5-13(20-3)12(15)8-11/h4-8,10H,9H2,1-3H3,(H,16,17). The summed E-state index contributed by atoms with van der Waals surface area (Å²) in [5, 5.41) is 3.29. The Balaban J connectivity index is 2.18. The number of nitrogens with zero attached hydrogens (tertiary/aromatic N) is 2. The van der Waals surface area contributed by atoms with Crippen LogP contribution in [0.15, 0.2) is 35.1 Å². The molecule has 1 aromatic heterocycles. The molecule has 1 N–H and O–H groups in total. The average molecular weight is 340 g/mol. The van der Waals surface area contributed by atoms with Gasteiger partial charge in [-0.2, -0.15) is 0 Å². The summed E-state index contributed by atoms with van der Waals surface area (Å²) in [6, 6.07) is 6.02. The lowest BCUT2D eigenvalue weighted by Gasteiger charge is -2.16. The number of hydrogen-bond acceptors (Lipinski definition) is 4. The zero-order chi connectivity index (χ0) is 14.5. The van der Waals surface area contributed by atoms with E-state index in [2.05, 4.69) is 33.2 Å². The summed E-state index contributed by atoms with van der Waals surface area (Å²) in [7, 11) is 3.34. The van der Waals surface area contributed by atoms with Crippen LogP contribution in [-0.2, 0) is 4.74 Å². The Hall–Kier alpha value is -1.53. The first-order valence-electron chi connectivity index (χ1n) is 6.28. The molecule has 1 heterocycles. The minimum atomic E-state index is 0.215. The highest BCUT2D eigenvalue weighted by Gasteiger charge is 2.10. The predicted octanol–water partition coefficient (Wildman–Crippen LogP) is 3.61. The number of imidazole rings is 1. The van der Waals surface area contributed by atoms with Crippen molar-refractivity contribution in [2.24, 2.45) is 0 Å². The Morgan fingerprint density at radius 2 is 2.20 bits per heavy atom. The number of hydrogen-bond donors (Lipinski definition) is 1. The van der Waals surface area contributed by atoms with Crippen molar-refractivity contribution in [3.05, 3.63) is 35.1 Å². The Labute approximate surface area is 127 Å². The van der Waals surface area contributed by atoms with Crippen LogP contribution in [0.1, 0.15) is 13.0 Å². The van der Waals surface area contributed by atoms with Gasteiger partial charge in [-0.3, -0.25) is 0 Å². The first-order chi connectivity index (χ1) is 9.65. The van der Waals surface area contributed by atoms with Crippen LogP contribution in [-0.4, -0.2) is 30.4 Å². The van der Waals surface area contributed by atoms with Crippen LogP contribution in [0.3, 0.4) is 0 Å². The van der Waals surface area contributed by atoms with E-state index in [1.54, 1.807) is 20.4 Å². The van der Waals surface area contributed by atoms with Gasteiger partial charge in [0.25, 0.3) is 0 Å². The van der Waals surface area contributed by atoms with E-state index in [9.17, 15) is 0 Å². The van der Waals surface area contributed by atoms with Gasteiger partial charge in [0.1, 0.15) is 5.75 Å². The van der Waals surface area contributed by atoms with Crippen molar-refractivity contribution >= 4 is 27.6 Å². The number of halogens is 1. The minimum Gasteiger partial charge on any atom is -0.496 e. The average Bonchev–Trinajstić information content (AvgIpc) is 2.87. The zero-order valence-corrected chi connectivity index (χ0v) is 13.3. The number of aromatic nitrogens is 2. The third-order valence-electron chi connectivity index (χ3n) is 2.96. The molecule has 0 saturated carbocycles. The largest absolute Gasteiger partial charge is 0.496 e. The van der Waals surface area contributed by atoms with Crippen molar-refractivity contribution in [1.29, 1.82) is 0 Å². The van der Waals surface area contributed by atoms with Crippen molar-refractivity contribution in [1.82, 2.24) is 9.55 Å². The molecule has 0 amide bonds. The van der Waals surface area contributed by atoms with Gasteiger partial charge in [-0.05, 0) is 41.1 Å². The molecule has 108 valence electrons. The molecule has 2 aromatic rings. The van der Waals surface area contributed by atoms with Crippen LogP contribution in [0.2, 0.25) is 0 Å². The van der Waals surface area contributed by atoms with E-state index in [1.165, 1.54) is 0 Å². The molecule has 0 radical (unpaired) electrons. The highest BCUT2D eigenvalue weighted by atomic mass is 79.9. The molecule has 20 heavy (non-hydrogen) atoms. The smallest absolute Gasteiger partial charge is 0.207 e. The molecule has 0 bridgehead atoms. The Morgan fingerprint density at radius 1 is 1.40 bits per heavy atom. The molecule has 0 aliphatic carbocycles. The number of rotatable bonds is 6. The van der Waals surface area contributed by atoms with Crippen LogP contribution in [0.4, 0.5) is 11.6 Å². The molecule has 1 atom stereocenters. The molecule has 1 unspecified atom stereocenters. The van der Waals surface area contributed by atoms with Gasteiger partial charge in [0, 0.05) is 25.2 Å². The highest BCUT2D eigenvalue weighted by molar-refractivity contribution is 9.10. The summed E-state index contributed by atoms with van der Waals surface area (Å²) in [5.74, 6) is 1.58. The van der Waals surface area contributed by atoms with Crippen LogP contribution in [0.25, 0.3) is 0 Å². The van der Waals surface area contributed by atoms with Gasteiger partial charge in [-0.15, -0.1) is 0 Å². The van der Waals surface area contributed by atoms with Crippen LogP contribution in [0, 0.1) is 0 Å². The number of ether oxygens (including phenoxy) is 2. The quantitative estimate of drug-likeness (QED) is 0.873. The van der Waals surface area contributed by atoms with Gasteiger partial charge >= 0.3 is 0 Å². The number of nitrogens with one attached hydrogen (secondary N) is 1. The monoisotopic (exact) mass is 339 g/mol. The summed E-state index contributed by atoms with van der Waals surface area (Å²) < 4.78 is 13.3. The van der Waals surface area contributed by atoms with Crippen LogP contribution in [0.5, 0.6) is 5.75 Å². The highest BCUT2D eigenvalue weighted by Crippen LogP contribution is 2.29. The third kappa shape index (κ3) is 3.32. The van der Waals surface area contributed by atoms with E-state index >= 15 is 0 Å². The van der Waals surface area contributed by atoms with Crippen molar-refractivity contribution in [2.75, 3.05) is 26.1 Å². The first kappa shape index (κ1) is 14.9. The first-order valence-corrected chi connectivity index (χ1v) is 7.07. The van der Waals surface area contributed by atoms with Crippen LogP contribution < -0.4 is 10.1 Å². The van der Waals surface area contributed by atoms with Gasteiger partial charge in [0.15, 0.2) is 0 Å². The van der Waals surface area contributed by atoms with E-state index in [1.807, 2.05) is 29.0 Å². The van der Waals surface area contributed by atoms with E-state index in [4.69, 9.17) is 9.47 Å². The van der Waals surface area contributed by atoms with Crippen molar-refractivity contribution in [3.63, 3.8) is 0 Å². The second-order valence-corrected chi connectivity index (χ2v) is 5.29. The Morgan fingerprint density at radius 3 is 2.85 bits per heavy atom. The molecule has 1 aromatic carbocycles. The number of anilines is 2. The summed E-state index contributed by atoms with van der Waals surface area (Å²) in [4.78, 5) is 4.34. The lowest BCUT2D eigenvalue weighted by atomic mass is 10.3. The second kappa shape index (κ2) is 6.76. The summed E-state index contributed by atoms with van der Waals surface area (Å²) in [6.45, 7) is 2.72. The van der Waals surface area contributed by atoms with Gasteiger partial charge in [-0.25, -0.2) is 4.98 Å². The fourth-order valence-corrected chi connectivity index (χ4v) is 2.50. The molecule has 0 spiro atoms. The molecular formula is C14H18BrN3O2. The zero-order valence-electron chi connectivity index (χ0n) is 11.8. The Bertz CT molecular complexity index is 571. The topological polar surface area (TPSA) is 48.3 Å². The predicted molar refractivity (Wildman–Crippen MR) is 82.8 cm³/mol. The van der Waals surface area contributed by atoms with Gasteiger partial charge < -0.3 is 19.4 Å². The molecule has 6 heteroatoms. The maximum Gasteiger partial charge on any atom is 0.207 e. The number of methoxy groups -OCH3 is 2. The maximum absolute atomic E-state index is 5.22. The fourth-order valence-electron chi connectivity index (χ4n) is 1.96.